The van der Waals surface area contributed by atoms with Gasteiger partial charge in [-0.1, -0.05) is 66.7 Å². The molecule has 0 bridgehead atoms. The van der Waals surface area contributed by atoms with Gasteiger partial charge in [0, 0.05) is 5.56 Å². The summed E-state index contributed by atoms with van der Waals surface area (Å²) < 4.78 is 0. The smallest absolute Gasteiger partial charge is 0.185 e. The number of hydrogen-bond donors (Lipinski definition) is 0. The summed E-state index contributed by atoms with van der Waals surface area (Å²) in [5.74, 6) is -0.0560. The fourth-order valence-corrected chi connectivity index (χ4v) is 2.77. The van der Waals surface area contributed by atoms with E-state index < -0.39 is 0 Å². The van der Waals surface area contributed by atoms with Gasteiger partial charge in [-0.15, -0.1) is 0 Å². The van der Waals surface area contributed by atoms with E-state index in [0.717, 1.165) is 22.2 Å². The standard InChI is InChI=1S/C23H16N2O/c26-23(15-14-20-16-24-21-8-4-5-9-22(21)25-20)19-12-10-18(11-13-19)17-6-2-1-3-7-17/h1-16H/b15-14+. The van der Waals surface area contributed by atoms with Gasteiger partial charge >= 0.3 is 0 Å². The van der Waals surface area contributed by atoms with E-state index in [2.05, 4.69) is 22.1 Å². The molecule has 0 aliphatic rings. The van der Waals surface area contributed by atoms with Gasteiger partial charge in [0.1, 0.15) is 0 Å². The lowest BCUT2D eigenvalue weighted by Gasteiger charge is -2.02. The van der Waals surface area contributed by atoms with E-state index in [1.165, 1.54) is 6.08 Å². The molecule has 0 saturated carbocycles. The van der Waals surface area contributed by atoms with Crippen LogP contribution in [0.1, 0.15) is 16.1 Å². The summed E-state index contributed by atoms with van der Waals surface area (Å²) in [6, 6.07) is 25.4. The number of carbonyl (C=O) groups excluding carboxylic acids is 1. The fraction of sp³-hybridized carbons (Fsp3) is 0. The molecule has 0 spiro atoms. The normalized spacial score (nSPS) is 11.1. The first kappa shape index (κ1) is 15.9. The van der Waals surface area contributed by atoms with Crippen molar-refractivity contribution in [2.24, 2.45) is 0 Å². The van der Waals surface area contributed by atoms with Gasteiger partial charge in [0.25, 0.3) is 0 Å². The minimum Gasteiger partial charge on any atom is -0.289 e. The van der Waals surface area contributed by atoms with Crippen LogP contribution in [0, 0.1) is 0 Å². The summed E-state index contributed by atoms with van der Waals surface area (Å²) in [7, 11) is 0. The van der Waals surface area contributed by atoms with Crippen molar-refractivity contribution in [2.75, 3.05) is 0 Å². The highest BCUT2D eigenvalue weighted by Crippen LogP contribution is 2.19. The molecule has 4 aromatic rings. The summed E-state index contributed by atoms with van der Waals surface area (Å²) in [6.07, 6.45) is 4.91. The Kier molecular flexibility index (Phi) is 4.35. The topological polar surface area (TPSA) is 42.9 Å². The van der Waals surface area contributed by atoms with Gasteiger partial charge in [-0.25, -0.2) is 4.98 Å². The maximum absolute atomic E-state index is 12.4. The van der Waals surface area contributed by atoms with Gasteiger partial charge in [-0.2, -0.15) is 0 Å². The number of rotatable bonds is 4. The van der Waals surface area contributed by atoms with Gasteiger partial charge in [0.05, 0.1) is 22.9 Å². The predicted molar refractivity (Wildman–Crippen MR) is 105 cm³/mol. The van der Waals surface area contributed by atoms with Gasteiger partial charge in [-0.05, 0) is 35.4 Å². The molecule has 0 radical (unpaired) electrons. The van der Waals surface area contributed by atoms with Crippen molar-refractivity contribution in [1.29, 1.82) is 0 Å². The zero-order valence-electron chi connectivity index (χ0n) is 14.0. The maximum atomic E-state index is 12.4. The van der Waals surface area contributed by atoms with Crippen LogP contribution in [0.15, 0.2) is 91.1 Å². The minimum atomic E-state index is -0.0560. The van der Waals surface area contributed by atoms with Crippen LogP contribution >= 0.6 is 0 Å². The molecule has 0 aliphatic heterocycles. The molecule has 0 fully saturated rings. The van der Waals surface area contributed by atoms with Crippen LogP contribution in [0.4, 0.5) is 0 Å². The van der Waals surface area contributed by atoms with Crippen LogP contribution < -0.4 is 0 Å². The molecule has 4 rings (SSSR count). The van der Waals surface area contributed by atoms with Gasteiger partial charge in [0.2, 0.25) is 0 Å². The molecule has 0 saturated heterocycles. The summed E-state index contributed by atoms with van der Waals surface area (Å²) in [4.78, 5) is 21.2. The summed E-state index contributed by atoms with van der Waals surface area (Å²) in [5, 5.41) is 0. The lowest BCUT2D eigenvalue weighted by atomic mass is 10.0. The molecule has 1 aromatic heterocycles. The van der Waals surface area contributed by atoms with Crippen molar-refractivity contribution in [1.82, 2.24) is 9.97 Å². The van der Waals surface area contributed by atoms with Crippen LogP contribution in [0.25, 0.3) is 28.2 Å². The third-order valence-corrected chi connectivity index (χ3v) is 4.15. The number of hydrogen-bond acceptors (Lipinski definition) is 3. The number of allylic oxidation sites excluding steroid dienone is 1. The van der Waals surface area contributed by atoms with Crippen LogP contribution in [0.2, 0.25) is 0 Å². The number of carbonyl (C=O) groups is 1. The van der Waals surface area contributed by atoms with Crippen molar-refractivity contribution in [3.63, 3.8) is 0 Å². The molecule has 0 atom stereocenters. The van der Waals surface area contributed by atoms with Crippen molar-refractivity contribution in [3.8, 4) is 11.1 Å². The third-order valence-electron chi connectivity index (χ3n) is 4.15. The van der Waals surface area contributed by atoms with E-state index in [4.69, 9.17) is 0 Å². The molecule has 3 aromatic carbocycles. The van der Waals surface area contributed by atoms with Crippen LogP contribution in [0.3, 0.4) is 0 Å². The van der Waals surface area contributed by atoms with Crippen molar-refractivity contribution in [2.45, 2.75) is 0 Å². The first-order chi connectivity index (χ1) is 12.8. The zero-order valence-corrected chi connectivity index (χ0v) is 14.0. The maximum Gasteiger partial charge on any atom is 0.185 e. The van der Waals surface area contributed by atoms with Crippen LogP contribution in [0.5, 0.6) is 0 Å². The van der Waals surface area contributed by atoms with E-state index in [-0.39, 0.29) is 5.78 Å². The zero-order chi connectivity index (χ0) is 17.8. The Balaban J connectivity index is 1.52. The second-order valence-electron chi connectivity index (χ2n) is 5.92. The Morgan fingerprint density at radius 1 is 0.731 bits per heavy atom. The summed E-state index contributed by atoms with van der Waals surface area (Å²) in [5.41, 5.74) is 5.19. The molecular formula is C23H16N2O. The Morgan fingerprint density at radius 2 is 1.38 bits per heavy atom. The van der Waals surface area contributed by atoms with E-state index in [0.29, 0.717) is 11.3 Å². The Bertz CT molecular complexity index is 1080. The van der Waals surface area contributed by atoms with Gasteiger partial charge in [0.15, 0.2) is 5.78 Å². The van der Waals surface area contributed by atoms with Crippen molar-refractivity contribution in [3.05, 3.63) is 102 Å². The molecule has 124 valence electrons. The van der Waals surface area contributed by atoms with E-state index in [9.17, 15) is 4.79 Å². The van der Waals surface area contributed by atoms with E-state index in [1.807, 2.05) is 66.7 Å². The lowest BCUT2D eigenvalue weighted by molar-refractivity contribution is 0.104. The Labute approximate surface area is 151 Å². The molecule has 26 heavy (non-hydrogen) atoms. The van der Waals surface area contributed by atoms with Gasteiger partial charge < -0.3 is 0 Å². The molecule has 0 N–H and O–H groups in total. The third kappa shape index (κ3) is 3.42. The molecule has 3 nitrogen and oxygen atoms in total. The second kappa shape index (κ2) is 7.11. The SMILES string of the molecule is O=C(/C=C/c1cnc2ccccc2n1)c1ccc(-c2ccccc2)cc1. The predicted octanol–water partition coefficient (Wildman–Crippen LogP) is 5.19. The van der Waals surface area contributed by atoms with Gasteiger partial charge in [-0.3, -0.25) is 9.78 Å². The number of nitrogens with zero attached hydrogens (tertiary/aromatic N) is 2. The highest BCUT2D eigenvalue weighted by atomic mass is 16.1. The number of para-hydroxylation sites is 2. The largest absolute Gasteiger partial charge is 0.289 e. The van der Waals surface area contributed by atoms with Crippen LogP contribution in [-0.2, 0) is 0 Å². The Morgan fingerprint density at radius 3 is 2.15 bits per heavy atom. The molecular weight excluding hydrogens is 320 g/mol. The average molecular weight is 336 g/mol. The number of fused-ring (bicyclic) bond motifs is 1. The summed E-state index contributed by atoms with van der Waals surface area (Å²) >= 11 is 0. The van der Waals surface area contributed by atoms with E-state index >= 15 is 0 Å². The average Bonchev–Trinajstić information content (AvgIpc) is 2.72. The van der Waals surface area contributed by atoms with E-state index in [1.54, 1.807) is 12.3 Å². The second-order valence-corrected chi connectivity index (χ2v) is 5.92. The molecule has 0 amide bonds. The quantitative estimate of drug-likeness (QED) is 0.380. The molecule has 0 aliphatic carbocycles. The highest BCUT2D eigenvalue weighted by Gasteiger charge is 2.03. The minimum absolute atomic E-state index is 0.0560. The molecule has 3 heteroatoms. The van der Waals surface area contributed by atoms with Crippen LogP contribution in [-0.4, -0.2) is 15.8 Å². The molecule has 0 unspecified atom stereocenters. The number of benzene rings is 3. The fourth-order valence-electron chi connectivity index (χ4n) is 2.77. The molecule has 1 heterocycles. The summed E-state index contributed by atoms with van der Waals surface area (Å²) in [6.45, 7) is 0. The lowest BCUT2D eigenvalue weighted by Crippen LogP contribution is -1.94. The number of ketones is 1. The van der Waals surface area contributed by atoms with Crippen molar-refractivity contribution >= 4 is 22.9 Å². The Hall–Kier alpha value is -3.59. The first-order valence-electron chi connectivity index (χ1n) is 8.39. The number of aromatic nitrogens is 2. The first-order valence-corrected chi connectivity index (χ1v) is 8.39. The van der Waals surface area contributed by atoms with Crippen molar-refractivity contribution < 1.29 is 4.79 Å². The monoisotopic (exact) mass is 336 g/mol. The highest BCUT2D eigenvalue weighted by molar-refractivity contribution is 6.07.